The van der Waals surface area contributed by atoms with E-state index in [0.29, 0.717) is 0 Å². The second kappa shape index (κ2) is 7.14. The van der Waals surface area contributed by atoms with Gasteiger partial charge >= 0.3 is 0 Å². The third-order valence-corrected chi connectivity index (χ3v) is 6.96. The average molecular weight is 366 g/mol. The van der Waals surface area contributed by atoms with E-state index in [1.54, 1.807) is 23.1 Å². The molecule has 4 heteroatoms. The van der Waals surface area contributed by atoms with Crippen molar-refractivity contribution in [2.75, 3.05) is 5.75 Å². The topological polar surface area (TPSA) is 30.0 Å². The van der Waals surface area contributed by atoms with Gasteiger partial charge in [0.15, 0.2) is 0 Å². The van der Waals surface area contributed by atoms with Crippen LogP contribution in [-0.2, 0) is 10.2 Å². The van der Waals surface area contributed by atoms with Crippen LogP contribution in [0.2, 0.25) is 0 Å². The van der Waals surface area contributed by atoms with Gasteiger partial charge in [-0.3, -0.25) is 0 Å². The van der Waals surface area contributed by atoms with Crippen LogP contribution in [0.25, 0.3) is 11.1 Å². The Kier molecular flexibility index (Phi) is 4.73. The molecular weight excluding hydrogens is 346 g/mol. The van der Waals surface area contributed by atoms with Crippen LogP contribution < -0.4 is 0 Å². The highest BCUT2D eigenvalue weighted by Crippen LogP contribution is 2.50. The van der Waals surface area contributed by atoms with E-state index in [2.05, 4.69) is 41.4 Å². The minimum absolute atomic E-state index is 0.487. The highest BCUT2D eigenvalue weighted by Gasteiger charge is 2.42. The van der Waals surface area contributed by atoms with Crippen LogP contribution in [0, 0.1) is 0 Å². The van der Waals surface area contributed by atoms with Crippen molar-refractivity contribution >= 4 is 29.4 Å². The normalized spacial score (nSPS) is 14.1. The summed E-state index contributed by atoms with van der Waals surface area (Å²) in [5.41, 5.74) is 4.27. The van der Waals surface area contributed by atoms with Crippen LogP contribution in [0.1, 0.15) is 30.4 Å². The van der Waals surface area contributed by atoms with Crippen LogP contribution in [-0.4, -0.2) is 17.0 Å². The highest BCUT2D eigenvalue weighted by atomic mass is 32.2. The molecule has 0 amide bonds. The molecule has 0 N–H and O–H groups in total. The summed E-state index contributed by atoms with van der Waals surface area (Å²) in [5, 5.41) is 2.01. The smallest absolute Gasteiger partial charge is 0.149 e. The van der Waals surface area contributed by atoms with Gasteiger partial charge in [-0.2, -0.15) is 0 Å². The quantitative estimate of drug-likeness (QED) is 0.311. The molecule has 1 heterocycles. The molecule has 0 radical (unpaired) electrons. The monoisotopic (exact) mass is 365 g/mol. The number of rotatable bonds is 7. The molecule has 0 fully saturated rings. The summed E-state index contributed by atoms with van der Waals surface area (Å²) in [6.45, 7) is 0. The number of hydrogen-bond donors (Lipinski definition) is 0. The number of benzene rings is 2. The summed E-state index contributed by atoms with van der Waals surface area (Å²) in [7, 11) is 0. The maximum atomic E-state index is 12.3. The van der Waals surface area contributed by atoms with Gasteiger partial charge in [-0.15, -0.1) is 11.3 Å². The number of unbranched alkanes of at least 4 members (excludes halogenated alkanes) is 1. The zero-order valence-electron chi connectivity index (χ0n) is 13.9. The second-order valence-corrected chi connectivity index (χ2v) is 8.52. The minimum atomic E-state index is -0.487. The lowest BCUT2D eigenvalue weighted by molar-refractivity contribution is -0.111. The number of nitrogens with zero attached hydrogens (tertiary/aromatic N) is 1. The molecule has 0 saturated carbocycles. The van der Waals surface area contributed by atoms with Crippen molar-refractivity contribution in [3.8, 4) is 11.1 Å². The minimum Gasteiger partial charge on any atom is -0.302 e. The summed E-state index contributed by atoms with van der Waals surface area (Å²) in [6.07, 6.45) is 6.00. The van der Waals surface area contributed by atoms with Crippen LogP contribution in [0.15, 0.2) is 64.4 Å². The molecule has 1 aliphatic carbocycles. The molecule has 0 unspecified atom stereocenters. The van der Waals surface area contributed by atoms with Crippen LogP contribution in [0.3, 0.4) is 0 Å². The van der Waals surface area contributed by atoms with Crippen LogP contribution in [0.4, 0.5) is 0 Å². The fourth-order valence-electron chi connectivity index (χ4n) is 3.76. The van der Waals surface area contributed by atoms with Crippen molar-refractivity contribution in [2.24, 2.45) is 0 Å². The molecule has 0 bridgehead atoms. The Bertz CT molecular complexity index is 828. The molecular formula is C21H19NOS2. The molecule has 4 rings (SSSR count). The van der Waals surface area contributed by atoms with Crippen molar-refractivity contribution in [2.45, 2.75) is 29.0 Å². The summed E-state index contributed by atoms with van der Waals surface area (Å²) >= 11 is 3.49. The van der Waals surface area contributed by atoms with Gasteiger partial charge in [0.1, 0.15) is 10.6 Å². The van der Waals surface area contributed by atoms with Gasteiger partial charge in [0.2, 0.25) is 0 Å². The van der Waals surface area contributed by atoms with Crippen molar-refractivity contribution < 1.29 is 4.79 Å². The highest BCUT2D eigenvalue weighted by molar-refractivity contribution is 8.00. The first-order valence-corrected chi connectivity index (χ1v) is 10.4. The largest absolute Gasteiger partial charge is 0.302 e. The standard InChI is InChI=1S/C21H19NOS2/c23-15-21(11-5-6-13-24-20-22-12-14-25-20)18-9-3-1-7-16(18)17-8-2-4-10-19(17)21/h1-4,7-10,12,14-15H,5-6,11,13H2. The molecule has 0 aliphatic heterocycles. The lowest BCUT2D eigenvalue weighted by atomic mass is 9.75. The average Bonchev–Trinajstić information content (AvgIpc) is 3.27. The first kappa shape index (κ1) is 16.6. The van der Waals surface area contributed by atoms with Crippen molar-refractivity contribution in [3.63, 3.8) is 0 Å². The fourth-order valence-corrected chi connectivity index (χ4v) is 5.47. The first-order chi connectivity index (χ1) is 12.3. The third-order valence-electron chi connectivity index (χ3n) is 4.91. The Hall–Kier alpha value is -1.91. The summed E-state index contributed by atoms with van der Waals surface area (Å²) in [4.78, 5) is 16.6. The van der Waals surface area contributed by atoms with E-state index in [1.165, 1.54) is 28.5 Å². The number of carbonyl (C=O) groups is 1. The van der Waals surface area contributed by atoms with Crippen molar-refractivity contribution in [1.29, 1.82) is 0 Å². The molecule has 2 aromatic carbocycles. The third kappa shape index (κ3) is 2.94. The molecule has 2 nitrogen and oxygen atoms in total. The van der Waals surface area contributed by atoms with Crippen LogP contribution in [0.5, 0.6) is 0 Å². The molecule has 1 aliphatic rings. The van der Waals surface area contributed by atoms with E-state index < -0.39 is 5.41 Å². The van der Waals surface area contributed by atoms with E-state index in [0.717, 1.165) is 29.4 Å². The van der Waals surface area contributed by atoms with Gasteiger partial charge in [0, 0.05) is 17.3 Å². The van der Waals surface area contributed by atoms with Crippen molar-refractivity contribution in [1.82, 2.24) is 4.98 Å². The number of fused-ring (bicyclic) bond motifs is 3. The Morgan fingerprint density at radius 1 is 1.00 bits per heavy atom. The molecule has 0 atom stereocenters. The number of carbonyl (C=O) groups excluding carboxylic acids is 1. The van der Waals surface area contributed by atoms with Gasteiger partial charge in [-0.05, 0) is 35.1 Å². The van der Waals surface area contributed by atoms with E-state index in [9.17, 15) is 4.79 Å². The molecule has 126 valence electrons. The van der Waals surface area contributed by atoms with E-state index in [-0.39, 0.29) is 0 Å². The lowest BCUT2D eigenvalue weighted by Gasteiger charge is -2.25. The van der Waals surface area contributed by atoms with Gasteiger partial charge in [0.25, 0.3) is 0 Å². The van der Waals surface area contributed by atoms with Crippen molar-refractivity contribution in [3.05, 3.63) is 71.2 Å². The number of aromatic nitrogens is 1. The number of hydrogen-bond acceptors (Lipinski definition) is 4. The molecule has 3 aromatic rings. The molecule has 0 spiro atoms. The Morgan fingerprint density at radius 3 is 2.28 bits per heavy atom. The summed E-state index contributed by atoms with van der Waals surface area (Å²) in [5.74, 6) is 1.05. The zero-order chi connectivity index (χ0) is 17.1. The maximum absolute atomic E-state index is 12.3. The second-order valence-electron chi connectivity index (χ2n) is 6.28. The maximum Gasteiger partial charge on any atom is 0.149 e. The van der Waals surface area contributed by atoms with Gasteiger partial charge in [-0.1, -0.05) is 66.7 Å². The Balaban J connectivity index is 1.53. The Labute approximate surface area is 156 Å². The molecule has 25 heavy (non-hydrogen) atoms. The predicted molar refractivity (Wildman–Crippen MR) is 105 cm³/mol. The SMILES string of the molecule is O=CC1(CCCCSc2nccs2)c2ccccc2-c2ccccc21. The summed E-state index contributed by atoms with van der Waals surface area (Å²) in [6, 6.07) is 16.7. The number of aldehydes is 1. The molecule has 0 saturated heterocycles. The van der Waals surface area contributed by atoms with E-state index in [1.807, 2.05) is 23.7 Å². The lowest BCUT2D eigenvalue weighted by Crippen LogP contribution is -2.27. The molecule has 1 aromatic heterocycles. The zero-order valence-corrected chi connectivity index (χ0v) is 15.5. The fraction of sp³-hybridized carbons (Fsp3) is 0.238. The van der Waals surface area contributed by atoms with Crippen LogP contribution >= 0.6 is 23.1 Å². The number of thioether (sulfide) groups is 1. The van der Waals surface area contributed by atoms with E-state index in [4.69, 9.17) is 0 Å². The summed E-state index contributed by atoms with van der Waals surface area (Å²) < 4.78 is 1.13. The Morgan fingerprint density at radius 2 is 1.68 bits per heavy atom. The first-order valence-electron chi connectivity index (χ1n) is 8.53. The predicted octanol–water partition coefficient (Wildman–Crippen LogP) is 5.57. The van der Waals surface area contributed by atoms with Gasteiger partial charge in [0.05, 0.1) is 5.41 Å². The number of thiazole rings is 1. The van der Waals surface area contributed by atoms with Gasteiger partial charge in [-0.25, -0.2) is 4.98 Å². The van der Waals surface area contributed by atoms with Gasteiger partial charge < -0.3 is 4.79 Å². The van der Waals surface area contributed by atoms with E-state index >= 15 is 0 Å².